The third kappa shape index (κ3) is 2.98. The van der Waals surface area contributed by atoms with Crippen molar-refractivity contribution in [2.75, 3.05) is 36.4 Å². The fourth-order valence-electron chi connectivity index (χ4n) is 3.93. The molecular weight excluding hydrogens is 354 g/mol. The standard InChI is InChI=1S/C21H21N5O2/c27-20-7-4-15-13-16(5-6-17(15)23-20)24-9-11-25(12-10-24)21(28)18-14-26-8-2-1-3-19(26)22-18/h1-3,5-6,8,13-14H,4,7,9-12H2,(H,23,27). The lowest BCUT2D eigenvalue weighted by molar-refractivity contribution is -0.116. The molecular formula is C21H21N5O2. The molecule has 2 amide bonds. The highest BCUT2D eigenvalue weighted by Gasteiger charge is 2.25. The van der Waals surface area contributed by atoms with Gasteiger partial charge in [-0.25, -0.2) is 4.98 Å². The summed E-state index contributed by atoms with van der Waals surface area (Å²) in [5.41, 5.74) is 4.52. The first-order valence-corrected chi connectivity index (χ1v) is 9.58. The molecule has 2 aliphatic rings. The maximum absolute atomic E-state index is 12.8. The van der Waals surface area contributed by atoms with Crippen LogP contribution >= 0.6 is 0 Å². The molecule has 0 bridgehead atoms. The lowest BCUT2D eigenvalue weighted by atomic mass is 10.0. The maximum atomic E-state index is 12.8. The van der Waals surface area contributed by atoms with Gasteiger partial charge in [0.15, 0.2) is 0 Å². The predicted octanol–water partition coefficient (Wildman–Crippen LogP) is 2.18. The Morgan fingerprint density at radius 2 is 1.89 bits per heavy atom. The Hall–Kier alpha value is -3.35. The molecule has 142 valence electrons. The lowest BCUT2D eigenvalue weighted by Gasteiger charge is -2.36. The van der Waals surface area contributed by atoms with E-state index in [0.29, 0.717) is 25.2 Å². The summed E-state index contributed by atoms with van der Waals surface area (Å²) in [6.07, 6.45) is 5.01. The Bertz CT molecular complexity index is 1030. The van der Waals surface area contributed by atoms with Crippen molar-refractivity contribution in [1.82, 2.24) is 14.3 Å². The second kappa shape index (κ2) is 6.67. The Morgan fingerprint density at radius 1 is 1.04 bits per heavy atom. The van der Waals surface area contributed by atoms with Crippen LogP contribution in [0.3, 0.4) is 0 Å². The fraction of sp³-hybridized carbons (Fsp3) is 0.286. The zero-order chi connectivity index (χ0) is 19.1. The molecule has 1 fully saturated rings. The van der Waals surface area contributed by atoms with Crippen molar-refractivity contribution in [3.8, 4) is 0 Å². The van der Waals surface area contributed by atoms with Gasteiger partial charge < -0.3 is 19.5 Å². The van der Waals surface area contributed by atoms with Gasteiger partial charge in [0.25, 0.3) is 5.91 Å². The molecule has 4 heterocycles. The number of hydrogen-bond donors (Lipinski definition) is 1. The number of carbonyl (C=O) groups is 2. The number of fused-ring (bicyclic) bond motifs is 2. The zero-order valence-electron chi connectivity index (χ0n) is 15.5. The molecule has 2 aromatic heterocycles. The first-order valence-electron chi connectivity index (χ1n) is 9.58. The van der Waals surface area contributed by atoms with Gasteiger partial charge in [0.05, 0.1) is 0 Å². The Labute approximate surface area is 162 Å². The van der Waals surface area contributed by atoms with Crippen molar-refractivity contribution in [2.24, 2.45) is 0 Å². The number of nitrogens with zero attached hydrogens (tertiary/aromatic N) is 4. The van der Waals surface area contributed by atoms with E-state index in [4.69, 9.17) is 0 Å². The zero-order valence-corrected chi connectivity index (χ0v) is 15.5. The number of piperazine rings is 1. The number of carbonyl (C=O) groups excluding carboxylic acids is 2. The van der Waals surface area contributed by atoms with Gasteiger partial charge >= 0.3 is 0 Å². The molecule has 0 spiro atoms. The number of hydrogen-bond acceptors (Lipinski definition) is 4. The minimum Gasteiger partial charge on any atom is -0.368 e. The third-order valence-electron chi connectivity index (χ3n) is 5.50. The predicted molar refractivity (Wildman–Crippen MR) is 107 cm³/mol. The number of amides is 2. The van der Waals surface area contributed by atoms with Crippen LogP contribution in [0.5, 0.6) is 0 Å². The van der Waals surface area contributed by atoms with Crippen LogP contribution in [0, 0.1) is 0 Å². The lowest BCUT2D eigenvalue weighted by Crippen LogP contribution is -2.49. The average molecular weight is 375 g/mol. The molecule has 28 heavy (non-hydrogen) atoms. The van der Waals surface area contributed by atoms with E-state index in [9.17, 15) is 9.59 Å². The highest BCUT2D eigenvalue weighted by molar-refractivity contribution is 5.94. The minimum atomic E-state index is -0.0171. The van der Waals surface area contributed by atoms with E-state index >= 15 is 0 Å². The Morgan fingerprint density at radius 3 is 2.71 bits per heavy atom. The summed E-state index contributed by atoms with van der Waals surface area (Å²) in [6.45, 7) is 2.90. The first-order chi connectivity index (χ1) is 13.7. The van der Waals surface area contributed by atoms with Gasteiger partial charge in [-0.1, -0.05) is 6.07 Å². The number of aryl methyl sites for hydroxylation is 1. The van der Waals surface area contributed by atoms with Crippen LogP contribution in [0.15, 0.2) is 48.8 Å². The normalized spacial score (nSPS) is 16.8. The van der Waals surface area contributed by atoms with Crippen molar-refractivity contribution in [1.29, 1.82) is 0 Å². The summed E-state index contributed by atoms with van der Waals surface area (Å²) in [7, 11) is 0. The van der Waals surface area contributed by atoms with Crippen molar-refractivity contribution >= 4 is 28.8 Å². The van der Waals surface area contributed by atoms with Crippen LogP contribution in [0.2, 0.25) is 0 Å². The number of aromatic nitrogens is 2. The van der Waals surface area contributed by atoms with E-state index in [1.54, 1.807) is 6.20 Å². The second-order valence-corrected chi connectivity index (χ2v) is 7.26. The summed E-state index contributed by atoms with van der Waals surface area (Å²) < 4.78 is 1.87. The summed E-state index contributed by atoms with van der Waals surface area (Å²) in [5.74, 6) is 0.0656. The maximum Gasteiger partial charge on any atom is 0.274 e. The van der Waals surface area contributed by atoms with E-state index in [1.807, 2.05) is 45.8 Å². The number of imidazole rings is 1. The van der Waals surface area contributed by atoms with Gasteiger partial charge in [-0.15, -0.1) is 0 Å². The van der Waals surface area contributed by atoms with Gasteiger partial charge in [-0.2, -0.15) is 0 Å². The molecule has 7 heteroatoms. The van der Waals surface area contributed by atoms with E-state index in [2.05, 4.69) is 21.3 Å². The number of nitrogens with one attached hydrogen (secondary N) is 1. The highest BCUT2D eigenvalue weighted by Crippen LogP contribution is 2.28. The van der Waals surface area contributed by atoms with Crippen LogP contribution in [0.4, 0.5) is 11.4 Å². The van der Waals surface area contributed by atoms with Crippen LogP contribution in [-0.2, 0) is 11.2 Å². The number of anilines is 2. The smallest absolute Gasteiger partial charge is 0.274 e. The molecule has 2 aliphatic heterocycles. The molecule has 5 rings (SSSR count). The monoisotopic (exact) mass is 375 g/mol. The van der Waals surface area contributed by atoms with E-state index in [-0.39, 0.29) is 11.8 Å². The van der Waals surface area contributed by atoms with Crippen LogP contribution < -0.4 is 10.2 Å². The second-order valence-electron chi connectivity index (χ2n) is 7.26. The molecule has 0 unspecified atom stereocenters. The SMILES string of the molecule is O=C1CCc2cc(N3CCN(C(=O)c4cn5ccccc5n4)CC3)ccc2N1. The van der Waals surface area contributed by atoms with Gasteiger partial charge in [-0.3, -0.25) is 9.59 Å². The molecule has 0 aliphatic carbocycles. The van der Waals surface area contributed by atoms with Gasteiger partial charge in [0.1, 0.15) is 11.3 Å². The van der Waals surface area contributed by atoms with Crippen molar-refractivity contribution in [3.63, 3.8) is 0 Å². The molecule has 3 aromatic rings. The molecule has 0 saturated carbocycles. The van der Waals surface area contributed by atoms with Crippen molar-refractivity contribution in [2.45, 2.75) is 12.8 Å². The van der Waals surface area contributed by atoms with Crippen LogP contribution in [0.1, 0.15) is 22.5 Å². The molecule has 7 nitrogen and oxygen atoms in total. The van der Waals surface area contributed by atoms with E-state index < -0.39 is 0 Å². The topological polar surface area (TPSA) is 70.0 Å². The summed E-state index contributed by atoms with van der Waals surface area (Å²) in [6, 6.07) is 11.9. The van der Waals surface area contributed by atoms with Crippen molar-refractivity contribution < 1.29 is 9.59 Å². The molecule has 1 N–H and O–H groups in total. The Kier molecular flexibility index (Phi) is 4.00. The summed E-state index contributed by atoms with van der Waals surface area (Å²) in [5, 5.41) is 2.92. The van der Waals surface area contributed by atoms with E-state index in [0.717, 1.165) is 36.5 Å². The minimum absolute atomic E-state index is 0.0171. The van der Waals surface area contributed by atoms with Crippen molar-refractivity contribution in [3.05, 3.63) is 60.0 Å². The van der Waals surface area contributed by atoms with Gasteiger partial charge in [-0.05, 0) is 42.3 Å². The van der Waals surface area contributed by atoms with Gasteiger partial charge in [0, 0.05) is 56.4 Å². The van der Waals surface area contributed by atoms with E-state index in [1.165, 1.54) is 5.56 Å². The molecule has 1 saturated heterocycles. The van der Waals surface area contributed by atoms with Gasteiger partial charge in [0.2, 0.25) is 5.91 Å². The number of pyridine rings is 1. The largest absolute Gasteiger partial charge is 0.368 e. The molecule has 1 aromatic carbocycles. The Balaban J connectivity index is 1.27. The summed E-state index contributed by atoms with van der Waals surface area (Å²) in [4.78, 5) is 33.0. The average Bonchev–Trinajstić information content (AvgIpc) is 3.17. The molecule has 0 radical (unpaired) electrons. The number of benzene rings is 1. The first kappa shape index (κ1) is 16.8. The van der Waals surface area contributed by atoms with Crippen LogP contribution in [0.25, 0.3) is 5.65 Å². The quantitative estimate of drug-likeness (QED) is 0.745. The van der Waals surface area contributed by atoms with Crippen LogP contribution in [-0.4, -0.2) is 52.3 Å². The highest BCUT2D eigenvalue weighted by atomic mass is 16.2. The molecule has 0 atom stereocenters. The fourth-order valence-corrected chi connectivity index (χ4v) is 3.93. The number of rotatable bonds is 2. The third-order valence-corrected chi connectivity index (χ3v) is 5.50. The summed E-state index contributed by atoms with van der Waals surface area (Å²) >= 11 is 0.